The van der Waals surface area contributed by atoms with E-state index in [-0.39, 0.29) is 18.1 Å². The predicted octanol–water partition coefficient (Wildman–Crippen LogP) is 2.32. The Kier molecular flexibility index (Phi) is 4.28. The molecule has 21 heavy (non-hydrogen) atoms. The van der Waals surface area contributed by atoms with Gasteiger partial charge in [0.05, 0.1) is 0 Å². The molecule has 0 unspecified atom stereocenters. The summed E-state index contributed by atoms with van der Waals surface area (Å²) in [6.07, 6.45) is 0. The van der Waals surface area contributed by atoms with Gasteiger partial charge in [-0.1, -0.05) is 11.6 Å². The van der Waals surface area contributed by atoms with E-state index in [1.165, 1.54) is 0 Å². The minimum absolute atomic E-state index is 0.0448. The third kappa shape index (κ3) is 3.61. The van der Waals surface area contributed by atoms with E-state index < -0.39 is 11.5 Å². The van der Waals surface area contributed by atoms with Crippen LogP contribution in [0.1, 0.15) is 27.4 Å². The van der Waals surface area contributed by atoms with E-state index in [1.807, 2.05) is 13.8 Å². The van der Waals surface area contributed by atoms with Gasteiger partial charge >= 0.3 is 5.97 Å². The highest BCUT2D eigenvalue weighted by Gasteiger charge is 2.09. The summed E-state index contributed by atoms with van der Waals surface area (Å²) >= 11 is 6.06. The largest absolute Gasteiger partial charge is 0.486 e. The maximum Gasteiger partial charge on any atom is 0.354 e. The third-order valence-electron chi connectivity index (χ3n) is 2.80. The van der Waals surface area contributed by atoms with Gasteiger partial charge in [0.1, 0.15) is 18.2 Å². The number of nitrogens with one attached hydrogen (secondary N) is 1. The van der Waals surface area contributed by atoms with Gasteiger partial charge in [0.2, 0.25) is 0 Å². The predicted molar refractivity (Wildman–Crippen MR) is 77.1 cm³/mol. The molecule has 0 bridgehead atoms. The topological polar surface area (TPSA) is 92.3 Å². The standard InChI is InChI=1S/C14H13ClN2O4/c1-7-3-9(4-8(2)13(7)15)21-6-11-16-10(14(19)20)5-12(18)17-11/h3-5H,6H2,1-2H3,(H,19,20)(H,16,17,18). The molecule has 0 saturated heterocycles. The van der Waals surface area contributed by atoms with Crippen LogP contribution in [0.5, 0.6) is 5.75 Å². The highest BCUT2D eigenvalue weighted by atomic mass is 35.5. The Bertz CT molecular complexity index is 732. The molecular formula is C14H13ClN2O4. The number of carbonyl (C=O) groups is 1. The molecule has 0 amide bonds. The Morgan fingerprint density at radius 3 is 2.52 bits per heavy atom. The Balaban J connectivity index is 2.20. The van der Waals surface area contributed by atoms with Crippen molar-refractivity contribution in [3.8, 4) is 5.75 Å². The summed E-state index contributed by atoms with van der Waals surface area (Å²) in [6, 6.07) is 4.44. The van der Waals surface area contributed by atoms with Gasteiger partial charge in [-0.15, -0.1) is 0 Å². The van der Waals surface area contributed by atoms with Crippen LogP contribution in [0, 0.1) is 13.8 Å². The van der Waals surface area contributed by atoms with Crippen LogP contribution in [0.3, 0.4) is 0 Å². The number of hydrogen-bond donors (Lipinski definition) is 2. The number of hydrogen-bond acceptors (Lipinski definition) is 4. The Hall–Kier alpha value is -2.34. The number of H-pyrrole nitrogens is 1. The molecule has 6 nitrogen and oxygen atoms in total. The first-order valence-electron chi connectivity index (χ1n) is 6.10. The number of carboxylic acids is 1. The highest BCUT2D eigenvalue weighted by Crippen LogP contribution is 2.26. The van der Waals surface area contributed by atoms with Crippen molar-refractivity contribution < 1.29 is 14.6 Å². The van der Waals surface area contributed by atoms with Crippen molar-refractivity contribution in [2.45, 2.75) is 20.5 Å². The van der Waals surface area contributed by atoms with Gasteiger partial charge in [0.15, 0.2) is 5.69 Å². The molecule has 0 radical (unpaired) electrons. The lowest BCUT2D eigenvalue weighted by Gasteiger charge is -2.09. The minimum Gasteiger partial charge on any atom is -0.486 e. The van der Waals surface area contributed by atoms with Crippen molar-refractivity contribution >= 4 is 17.6 Å². The van der Waals surface area contributed by atoms with Gasteiger partial charge in [0, 0.05) is 11.1 Å². The van der Waals surface area contributed by atoms with Gasteiger partial charge < -0.3 is 14.8 Å². The summed E-state index contributed by atoms with van der Waals surface area (Å²) < 4.78 is 5.51. The zero-order valence-corrected chi connectivity index (χ0v) is 12.2. The number of carboxylic acid groups (broad SMARTS) is 1. The third-order valence-corrected chi connectivity index (χ3v) is 3.39. The van der Waals surface area contributed by atoms with Gasteiger partial charge in [0.25, 0.3) is 5.56 Å². The lowest BCUT2D eigenvalue weighted by atomic mass is 10.1. The number of aromatic nitrogens is 2. The fourth-order valence-electron chi connectivity index (χ4n) is 1.83. The molecule has 0 spiro atoms. The number of nitrogens with zero attached hydrogens (tertiary/aromatic N) is 1. The summed E-state index contributed by atoms with van der Waals surface area (Å²) in [6.45, 7) is 3.66. The molecule has 0 aliphatic heterocycles. The molecule has 0 fully saturated rings. The average molecular weight is 309 g/mol. The monoisotopic (exact) mass is 308 g/mol. The Morgan fingerprint density at radius 2 is 1.95 bits per heavy atom. The first kappa shape index (κ1) is 15.1. The summed E-state index contributed by atoms with van der Waals surface area (Å²) in [5, 5.41) is 9.52. The van der Waals surface area contributed by atoms with Crippen LogP contribution >= 0.6 is 11.6 Å². The van der Waals surface area contributed by atoms with Crippen LogP contribution in [-0.4, -0.2) is 21.0 Å². The van der Waals surface area contributed by atoms with E-state index in [4.69, 9.17) is 21.4 Å². The Labute approximate surface area is 125 Å². The van der Waals surface area contributed by atoms with Crippen LogP contribution in [-0.2, 0) is 6.61 Å². The van der Waals surface area contributed by atoms with Gasteiger partial charge in [-0.2, -0.15) is 0 Å². The van der Waals surface area contributed by atoms with Crippen molar-refractivity contribution in [2.24, 2.45) is 0 Å². The normalized spacial score (nSPS) is 10.4. The molecule has 0 aliphatic rings. The van der Waals surface area contributed by atoms with Crippen molar-refractivity contribution in [2.75, 3.05) is 0 Å². The van der Waals surface area contributed by atoms with E-state index in [0.717, 1.165) is 17.2 Å². The molecule has 1 heterocycles. The van der Waals surface area contributed by atoms with E-state index in [2.05, 4.69) is 9.97 Å². The second-order valence-corrected chi connectivity index (χ2v) is 4.92. The number of aryl methyl sites for hydroxylation is 2. The highest BCUT2D eigenvalue weighted by molar-refractivity contribution is 6.32. The molecule has 0 saturated carbocycles. The van der Waals surface area contributed by atoms with Crippen LogP contribution in [0.2, 0.25) is 5.02 Å². The molecule has 2 rings (SSSR count). The number of benzene rings is 1. The first-order chi connectivity index (χ1) is 9.86. The maximum absolute atomic E-state index is 11.3. The lowest BCUT2D eigenvalue weighted by molar-refractivity contribution is 0.0689. The van der Waals surface area contributed by atoms with Gasteiger partial charge in [-0.3, -0.25) is 4.79 Å². The second-order valence-electron chi connectivity index (χ2n) is 4.54. The van der Waals surface area contributed by atoms with E-state index in [1.54, 1.807) is 12.1 Å². The van der Waals surface area contributed by atoms with E-state index in [9.17, 15) is 9.59 Å². The van der Waals surface area contributed by atoms with Crippen LogP contribution in [0.25, 0.3) is 0 Å². The van der Waals surface area contributed by atoms with Gasteiger partial charge in [-0.25, -0.2) is 9.78 Å². The molecule has 0 aliphatic carbocycles. The van der Waals surface area contributed by atoms with Crippen molar-refractivity contribution in [3.05, 3.63) is 56.2 Å². The zero-order valence-electron chi connectivity index (χ0n) is 11.4. The summed E-state index contributed by atoms with van der Waals surface area (Å²) in [5.41, 5.74) is 0.880. The SMILES string of the molecule is Cc1cc(OCc2nc(C(=O)O)cc(=O)[nH]2)cc(C)c1Cl. The number of aromatic carboxylic acids is 1. The van der Waals surface area contributed by atoms with E-state index in [0.29, 0.717) is 10.8 Å². The fourth-order valence-corrected chi connectivity index (χ4v) is 1.94. The number of rotatable bonds is 4. The zero-order chi connectivity index (χ0) is 15.6. The molecule has 0 atom stereocenters. The van der Waals surface area contributed by atoms with Crippen LogP contribution in [0.15, 0.2) is 23.0 Å². The van der Waals surface area contributed by atoms with Gasteiger partial charge in [-0.05, 0) is 37.1 Å². The quantitative estimate of drug-likeness (QED) is 0.904. The summed E-state index contributed by atoms with van der Waals surface area (Å²) in [7, 11) is 0. The van der Waals surface area contributed by atoms with E-state index >= 15 is 0 Å². The Morgan fingerprint density at radius 1 is 1.33 bits per heavy atom. The van der Waals surface area contributed by atoms with Crippen LogP contribution in [0.4, 0.5) is 0 Å². The molecular weight excluding hydrogens is 296 g/mol. The lowest BCUT2D eigenvalue weighted by Crippen LogP contribution is -2.17. The molecule has 2 N–H and O–H groups in total. The minimum atomic E-state index is -1.26. The molecule has 1 aromatic carbocycles. The number of ether oxygens (including phenoxy) is 1. The second kappa shape index (κ2) is 5.97. The molecule has 2 aromatic rings. The molecule has 1 aromatic heterocycles. The number of aromatic amines is 1. The molecule has 110 valence electrons. The first-order valence-corrected chi connectivity index (χ1v) is 6.47. The van der Waals surface area contributed by atoms with Crippen molar-refractivity contribution in [1.29, 1.82) is 0 Å². The smallest absolute Gasteiger partial charge is 0.354 e. The van der Waals surface area contributed by atoms with Crippen molar-refractivity contribution in [1.82, 2.24) is 9.97 Å². The van der Waals surface area contributed by atoms with Crippen molar-refractivity contribution in [3.63, 3.8) is 0 Å². The maximum atomic E-state index is 11.3. The number of halogens is 1. The summed E-state index contributed by atoms with van der Waals surface area (Å²) in [4.78, 5) is 28.4. The van der Waals surface area contributed by atoms with Crippen LogP contribution < -0.4 is 10.3 Å². The average Bonchev–Trinajstić information content (AvgIpc) is 2.41. The fraction of sp³-hybridized carbons (Fsp3) is 0.214. The summed E-state index contributed by atoms with van der Waals surface area (Å²) in [5.74, 6) is -0.552. The molecule has 7 heteroatoms.